The van der Waals surface area contributed by atoms with Gasteiger partial charge in [0.25, 0.3) is 0 Å². The Bertz CT molecular complexity index is 813. The largest absolute Gasteiger partial charge is 0.364 e. The summed E-state index contributed by atoms with van der Waals surface area (Å²) in [6.45, 7) is 1.53. The molecule has 0 spiro atoms. The maximum Gasteiger partial charge on any atom is 0.227 e. The second-order valence-corrected chi connectivity index (χ2v) is 6.71. The van der Waals surface area contributed by atoms with Gasteiger partial charge in [-0.1, -0.05) is 6.07 Å². The normalized spacial score (nSPS) is 17.7. The Hall–Kier alpha value is -2.41. The summed E-state index contributed by atoms with van der Waals surface area (Å²) >= 11 is 1.63. The van der Waals surface area contributed by atoms with Gasteiger partial charge in [-0.05, 0) is 30.0 Å². The fourth-order valence-corrected chi connectivity index (χ4v) is 3.58. The molecule has 0 aliphatic carbocycles. The third kappa shape index (κ3) is 3.05. The zero-order chi connectivity index (χ0) is 15.6. The molecule has 23 heavy (non-hydrogen) atoms. The molecule has 3 aromatic rings. The standard InChI is InChI=1S/C16H17N5OS/c22-16(10-13-2-1-9-23-13)20-7-5-12(11-20)18-14-3-4-15-17-6-8-21(15)19-14/h1-4,6,8-9,12H,5,7,10-11H2,(H,18,19). The lowest BCUT2D eigenvalue weighted by molar-refractivity contribution is -0.129. The van der Waals surface area contributed by atoms with E-state index >= 15 is 0 Å². The van der Waals surface area contributed by atoms with Gasteiger partial charge in [0.2, 0.25) is 5.91 Å². The van der Waals surface area contributed by atoms with Crippen LogP contribution in [0.25, 0.3) is 5.65 Å². The first-order chi connectivity index (χ1) is 11.3. The van der Waals surface area contributed by atoms with Crippen molar-refractivity contribution >= 4 is 28.7 Å². The minimum atomic E-state index is 0.203. The van der Waals surface area contributed by atoms with E-state index in [-0.39, 0.29) is 11.9 Å². The van der Waals surface area contributed by atoms with E-state index < -0.39 is 0 Å². The van der Waals surface area contributed by atoms with Gasteiger partial charge in [0.15, 0.2) is 5.65 Å². The third-order valence-corrected chi connectivity index (χ3v) is 4.93. The number of likely N-dealkylation sites (tertiary alicyclic amines) is 1. The molecule has 1 aliphatic heterocycles. The molecule has 4 heterocycles. The van der Waals surface area contributed by atoms with Gasteiger partial charge in [0.1, 0.15) is 5.82 Å². The van der Waals surface area contributed by atoms with Crippen molar-refractivity contribution in [3.05, 3.63) is 46.9 Å². The Morgan fingerprint density at radius 3 is 3.22 bits per heavy atom. The van der Waals surface area contributed by atoms with E-state index in [1.165, 1.54) is 0 Å². The number of amides is 1. The summed E-state index contributed by atoms with van der Waals surface area (Å²) < 4.78 is 1.75. The fraction of sp³-hybridized carbons (Fsp3) is 0.312. The molecule has 1 aliphatic rings. The molecule has 1 saturated heterocycles. The molecule has 1 N–H and O–H groups in total. The van der Waals surface area contributed by atoms with Crippen LogP contribution in [-0.4, -0.2) is 44.5 Å². The lowest BCUT2D eigenvalue weighted by Gasteiger charge is -2.17. The maximum absolute atomic E-state index is 12.3. The van der Waals surface area contributed by atoms with Crippen LogP contribution in [0.5, 0.6) is 0 Å². The Kier molecular flexibility index (Phi) is 3.70. The van der Waals surface area contributed by atoms with Crippen LogP contribution in [0.1, 0.15) is 11.3 Å². The molecule has 0 aromatic carbocycles. The molecule has 7 heteroatoms. The molecule has 1 unspecified atom stereocenters. The van der Waals surface area contributed by atoms with Gasteiger partial charge < -0.3 is 10.2 Å². The average molecular weight is 327 g/mol. The maximum atomic E-state index is 12.3. The van der Waals surface area contributed by atoms with Crippen LogP contribution in [0.2, 0.25) is 0 Å². The van der Waals surface area contributed by atoms with Crippen LogP contribution in [0.3, 0.4) is 0 Å². The molecular weight excluding hydrogens is 310 g/mol. The number of thiophene rings is 1. The van der Waals surface area contributed by atoms with Crippen LogP contribution in [0.4, 0.5) is 5.82 Å². The summed E-state index contributed by atoms with van der Waals surface area (Å²) in [5.74, 6) is 1.02. The summed E-state index contributed by atoms with van der Waals surface area (Å²) in [6, 6.07) is 8.11. The number of nitrogens with zero attached hydrogens (tertiary/aromatic N) is 4. The van der Waals surface area contributed by atoms with Crippen molar-refractivity contribution in [2.24, 2.45) is 0 Å². The molecule has 118 valence electrons. The first-order valence-corrected chi connectivity index (χ1v) is 8.53. The Morgan fingerprint density at radius 1 is 1.39 bits per heavy atom. The number of anilines is 1. The Morgan fingerprint density at radius 2 is 2.35 bits per heavy atom. The average Bonchev–Trinajstić information content (AvgIpc) is 3.27. The van der Waals surface area contributed by atoms with Gasteiger partial charge in [0, 0.05) is 36.4 Å². The van der Waals surface area contributed by atoms with E-state index in [1.807, 2.05) is 40.7 Å². The summed E-state index contributed by atoms with van der Waals surface area (Å²) in [6.07, 6.45) is 5.00. The van der Waals surface area contributed by atoms with Crippen molar-refractivity contribution in [1.82, 2.24) is 19.5 Å². The first-order valence-electron chi connectivity index (χ1n) is 7.65. The Balaban J connectivity index is 1.37. The molecule has 6 nitrogen and oxygen atoms in total. The first kappa shape index (κ1) is 14.2. The number of hydrogen-bond donors (Lipinski definition) is 1. The smallest absolute Gasteiger partial charge is 0.227 e. The zero-order valence-electron chi connectivity index (χ0n) is 12.6. The number of rotatable bonds is 4. The van der Waals surface area contributed by atoms with E-state index in [0.717, 1.165) is 35.9 Å². The molecule has 4 rings (SSSR count). The molecule has 3 aromatic heterocycles. The SMILES string of the molecule is O=C(Cc1cccs1)N1CCC(Nc2ccc3nccn3n2)C1. The van der Waals surface area contributed by atoms with Crippen molar-refractivity contribution in [1.29, 1.82) is 0 Å². The van der Waals surface area contributed by atoms with E-state index in [4.69, 9.17) is 0 Å². The van der Waals surface area contributed by atoms with Crippen LogP contribution in [0.15, 0.2) is 42.0 Å². The molecular formula is C16H17N5OS. The highest BCUT2D eigenvalue weighted by Crippen LogP contribution is 2.17. The van der Waals surface area contributed by atoms with Crippen molar-refractivity contribution in [3.8, 4) is 0 Å². The van der Waals surface area contributed by atoms with Gasteiger partial charge in [-0.25, -0.2) is 9.50 Å². The van der Waals surface area contributed by atoms with Gasteiger partial charge in [-0.15, -0.1) is 16.4 Å². The molecule has 0 bridgehead atoms. The van der Waals surface area contributed by atoms with E-state index in [1.54, 1.807) is 22.0 Å². The number of carbonyl (C=O) groups is 1. The van der Waals surface area contributed by atoms with Gasteiger partial charge in [0.05, 0.1) is 6.42 Å². The predicted molar refractivity (Wildman–Crippen MR) is 89.6 cm³/mol. The van der Waals surface area contributed by atoms with Crippen molar-refractivity contribution < 1.29 is 4.79 Å². The molecule has 1 atom stereocenters. The van der Waals surface area contributed by atoms with Crippen LogP contribution in [0, 0.1) is 0 Å². The van der Waals surface area contributed by atoms with Crippen molar-refractivity contribution in [2.75, 3.05) is 18.4 Å². The quantitative estimate of drug-likeness (QED) is 0.796. The van der Waals surface area contributed by atoms with Crippen LogP contribution in [-0.2, 0) is 11.2 Å². The number of nitrogens with one attached hydrogen (secondary N) is 1. The van der Waals surface area contributed by atoms with E-state index in [2.05, 4.69) is 15.4 Å². The highest BCUT2D eigenvalue weighted by atomic mass is 32.1. The summed E-state index contributed by atoms with van der Waals surface area (Å²) in [5.41, 5.74) is 0.828. The van der Waals surface area contributed by atoms with Crippen molar-refractivity contribution in [2.45, 2.75) is 18.9 Å². The number of carbonyl (C=O) groups excluding carboxylic acids is 1. The van der Waals surface area contributed by atoms with E-state index in [0.29, 0.717) is 6.42 Å². The Labute approximate surface area is 137 Å². The summed E-state index contributed by atoms with van der Waals surface area (Å²) in [4.78, 5) is 19.6. The number of fused-ring (bicyclic) bond motifs is 1. The van der Waals surface area contributed by atoms with E-state index in [9.17, 15) is 4.79 Å². The third-order valence-electron chi connectivity index (χ3n) is 4.05. The highest BCUT2D eigenvalue weighted by molar-refractivity contribution is 7.10. The molecule has 0 saturated carbocycles. The minimum Gasteiger partial charge on any atom is -0.364 e. The fourth-order valence-electron chi connectivity index (χ4n) is 2.88. The van der Waals surface area contributed by atoms with Crippen molar-refractivity contribution in [3.63, 3.8) is 0 Å². The lowest BCUT2D eigenvalue weighted by atomic mass is 10.2. The predicted octanol–water partition coefficient (Wildman–Crippen LogP) is 2.05. The van der Waals surface area contributed by atoms with Gasteiger partial charge >= 0.3 is 0 Å². The molecule has 1 fully saturated rings. The number of aromatic nitrogens is 3. The topological polar surface area (TPSA) is 62.5 Å². The minimum absolute atomic E-state index is 0.203. The monoisotopic (exact) mass is 327 g/mol. The van der Waals surface area contributed by atoms with Crippen LogP contribution >= 0.6 is 11.3 Å². The van der Waals surface area contributed by atoms with Crippen LogP contribution < -0.4 is 5.32 Å². The zero-order valence-corrected chi connectivity index (χ0v) is 13.4. The molecule has 0 radical (unpaired) electrons. The summed E-state index contributed by atoms with van der Waals surface area (Å²) in [5, 5.41) is 9.89. The van der Waals surface area contributed by atoms with Gasteiger partial charge in [-0.3, -0.25) is 4.79 Å². The highest BCUT2D eigenvalue weighted by Gasteiger charge is 2.26. The summed E-state index contributed by atoms with van der Waals surface area (Å²) in [7, 11) is 0. The number of hydrogen-bond acceptors (Lipinski definition) is 5. The number of imidazole rings is 1. The second kappa shape index (κ2) is 6.00. The van der Waals surface area contributed by atoms with Gasteiger partial charge in [-0.2, -0.15) is 0 Å². The molecule has 1 amide bonds. The lowest BCUT2D eigenvalue weighted by Crippen LogP contribution is -2.32. The second-order valence-electron chi connectivity index (χ2n) is 5.67.